The number of aromatic amines is 1. The normalized spacial score (nSPS) is 14.0. The minimum Gasteiger partial charge on any atom is -0.259 e. The lowest BCUT2D eigenvalue weighted by atomic mass is 10.2. The average Bonchev–Trinajstić information content (AvgIpc) is 2.79. The van der Waals surface area contributed by atoms with Crippen molar-refractivity contribution in [1.82, 2.24) is 0 Å². The second-order valence-electron chi connectivity index (χ2n) is 3.17. The Balaban J connectivity index is 2.03. The second-order valence-corrected chi connectivity index (χ2v) is 3.17. The zero-order chi connectivity index (χ0) is 11.4. The van der Waals surface area contributed by atoms with Crippen molar-refractivity contribution in [2.75, 3.05) is 11.9 Å². The van der Waals surface area contributed by atoms with Crippen LogP contribution in [0.1, 0.15) is 0 Å². The van der Waals surface area contributed by atoms with Crippen molar-refractivity contribution in [3.63, 3.8) is 0 Å². The second kappa shape index (κ2) is 4.43. The number of amidine groups is 1. The quantitative estimate of drug-likeness (QED) is 0.733. The topological polar surface area (TPSA) is 85.0 Å². The number of pyridine rings is 1. The summed E-state index contributed by atoms with van der Waals surface area (Å²) in [5.74, 6) is 0.355. The van der Waals surface area contributed by atoms with Crippen molar-refractivity contribution >= 4 is 17.6 Å². The first-order chi connectivity index (χ1) is 7.79. The predicted octanol–water partition coefficient (Wildman–Crippen LogP) is 0.544. The van der Waals surface area contributed by atoms with Gasteiger partial charge in [0.05, 0.1) is 18.3 Å². The van der Waals surface area contributed by atoms with E-state index in [2.05, 4.69) is 20.5 Å². The van der Waals surface area contributed by atoms with Gasteiger partial charge in [-0.3, -0.25) is 4.99 Å². The molecule has 0 aromatic carbocycles. The summed E-state index contributed by atoms with van der Waals surface area (Å²) in [6.45, 7) is 0.194. The van der Waals surface area contributed by atoms with Crippen LogP contribution in [0.25, 0.3) is 0 Å². The van der Waals surface area contributed by atoms with Gasteiger partial charge in [-0.15, -0.1) is 4.91 Å². The molecule has 0 fully saturated rings. The number of carbonyl (C=O) groups is 1. The minimum atomic E-state index is -0.287. The maximum atomic E-state index is 11.7. The van der Waals surface area contributed by atoms with Crippen LogP contribution in [0, 0.1) is 4.91 Å². The van der Waals surface area contributed by atoms with Crippen molar-refractivity contribution in [1.29, 1.82) is 0 Å². The van der Waals surface area contributed by atoms with Gasteiger partial charge in [-0.05, 0) is 17.3 Å². The van der Waals surface area contributed by atoms with Gasteiger partial charge < -0.3 is 0 Å². The number of aliphatic imine (C=N–C) groups is 1. The first-order valence-electron chi connectivity index (χ1n) is 4.66. The van der Waals surface area contributed by atoms with Crippen molar-refractivity contribution in [2.45, 2.75) is 0 Å². The summed E-state index contributed by atoms with van der Waals surface area (Å²) in [4.78, 5) is 28.5. The zero-order valence-electron chi connectivity index (χ0n) is 8.30. The van der Waals surface area contributed by atoms with Crippen LogP contribution in [0.4, 0.5) is 5.82 Å². The summed E-state index contributed by atoms with van der Waals surface area (Å²) in [6, 6.07) is 5.33. The Labute approximate surface area is 91.1 Å². The van der Waals surface area contributed by atoms with Crippen molar-refractivity contribution < 1.29 is 9.78 Å². The molecule has 6 heteroatoms. The number of nitrogens with zero attached hydrogens (tertiary/aromatic N) is 2. The van der Waals surface area contributed by atoms with E-state index in [1.54, 1.807) is 18.3 Å². The standard InChI is InChI=1S/C10H8N4O2/c15-10(7-5-9(14-16)12-6-7)13-8-3-1-2-4-11-8/h1-5H,6H2,(H,11,13,15)/p+1. The van der Waals surface area contributed by atoms with Gasteiger partial charge in [-0.1, -0.05) is 6.07 Å². The third kappa shape index (κ3) is 2.17. The summed E-state index contributed by atoms with van der Waals surface area (Å²) >= 11 is 0. The number of aromatic nitrogens is 1. The van der Waals surface area contributed by atoms with Gasteiger partial charge in [0.1, 0.15) is 0 Å². The molecule has 1 aliphatic rings. The average molecular weight is 217 g/mol. The van der Waals surface area contributed by atoms with Crippen molar-refractivity contribution in [2.24, 2.45) is 10.2 Å². The molecule has 0 radical (unpaired) electrons. The lowest BCUT2D eigenvalue weighted by Gasteiger charge is -1.96. The van der Waals surface area contributed by atoms with Crippen LogP contribution in [0.3, 0.4) is 0 Å². The Morgan fingerprint density at radius 2 is 2.38 bits per heavy atom. The largest absolute Gasteiger partial charge is 0.336 e. The van der Waals surface area contributed by atoms with Crippen molar-refractivity contribution in [3.8, 4) is 0 Å². The van der Waals surface area contributed by atoms with E-state index in [0.717, 1.165) is 0 Å². The molecule has 0 spiro atoms. The summed E-state index contributed by atoms with van der Waals surface area (Å²) < 4.78 is 0. The van der Waals surface area contributed by atoms with E-state index in [4.69, 9.17) is 0 Å². The molecule has 1 aromatic rings. The lowest BCUT2D eigenvalue weighted by molar-refractivity contribution is -0.360. The molecule has 80 valence electrons. The molecule has 2 rings (SSSR count). The Morgan fingerprint density at radius 3 is 3.00 bits per heavy atom. The number of amides is 1. The van der Waals surface area contributed by atoms with Crippen LogP contribution in [0.15, 0.2) is 46.2 Å². The smallest absolute Gasteiger partial charge is 0.259 e. The predicted molar refractivity (Wildman–Crippen MR) is 57.8 cm³/mol. The molecule has 2 N–H and O–H groups in total. The van der Waals surface area contributed by atoms with Crippen LogP contribution in [0.2, 0.25) is 0 Å². The van der Waals surface area contributed by atoms with Crippen LogP contribution in [-0.4, -0.2) is 18.3 Å². The van der Waals surface area contributed by atoms with Gasteiger partial charge in [-0.2, -0.15) is 0 Å². The molecule has 16 heavy (non-hydrogen) atoms. The molecule has 0 saturated carbocycles. The highest BCUT2D eigenvalue weighted by Crippen LogP contribution is 2.08. The lowest BCUT2D eigenvalue weighted by Crippen LogP contribution is -2.20. The molecular weight excluding hydrogens is 208 g/mol. The van der Waals surface area contributed by atoms with Gasteiger partial charge in [0, 0.05) is 6.07 Å². The number of H-pyrrole nitrogens is 1. The first-order valence-corrected chi connectivity index (χ1v) is 4.66. The Kier molecular flexibility index (Phi) is 2.81. The van der Waals surface area contributed by atoms with E-state index >= 15 is 0 Å². The fraction of sp³-hybridized carbons (Fsp3) is 0.100. The third-order valence-corrected chi connectivity index (χ3v) is 2.06. The number of rotatable bonds is 2. The van der Waals surface area contributed by atoms with E-state index < -0.39 is 0 Å². The number of carbonyl (C=O) groups excluding carboxylic acids is 1. The molecule has 2 heterocycles. The molecule has 1 aromatic heterocycles. The molecular formula is C10H9N4O2+. The third-order valence-electron chi connectivity index (χ3n) is 2.06. The number of nitrogens with one attached hydrogen (secondary N) is 2. The molecule has 6 nitrogen and oxygen atoms in total. The highest BCUT2D eigenvalue weighted by molar-refractivity contribution is 6.10. The first kappa shape index (κ1) is 10.2. The number of hydrogen-bond donors (Lipinski definition) is 1. The fourth-order valence-electron chi connectivity index (χ4n) is 1.28. The number of anilines is 1. The van der Waals surface area contributed by atoms with Crippen LogP contribution >= 0.6 is 0 Å². The Morgan fingerprint density at radius 1 is 1.50 bits per heavy atom. The monoisotopic (exact) mass is 217 g/mol. The number of hydrogen-bond acceptors (Lipinski definition) is 4. The van der Waals surface area contributed by atoms with E-state index in [1.165, 1.54) is 6.08 Å². The minimum absolute atomic E-state index is 0.0576. The van der Waals surface area contributed by atoms with E-state index in [-0.39, 0.29) is 18.3 Å². The van der Waals surface area contributed by atoms with Crippen LogP contribution in [0.5, 0.6) is 0 Å². The fourth-order valence-corrected chi connectivity index (χ4v) is 1.28. The molecule has 0 unspecified atom stereocenters. The summed E-state index contributed by atoms with van der Waals surface area (Å²) in [7, 11) is 0. The van der Waals surface area contributed by atoms with Gasteiger partial charge in [-0.25, -0.2) is 15.1 Å². The highest BCUT2D eigenvalue weighted by atomic mass is 16.3. The van der Waals surface area contributed by atoms with E-state index in [9.17, 15) is 9.70 Å². The molecule has 0 bridgehead atoms. The zero-order valence-corrected chi connectivity index (χ0v) is 8.30. The molecule has 0 aliphatic carbocycles. The maximum Gasteiger partial charge on any atom is 0.336 e. The Hall–Kier alpha value is -2.37. The SMILES string of the molecule is O=NC1=NCC(C(=O)Nc2cccc[nH+]2)=C1. The highest BCUT2D eigenvalue weighted by Gasteiger charge is 2.20. The van der Waals surface area contributed by atoms with Gasteiger partial charge in [0.25, 0.3) is 5.82 Å². The van der Waals surface area contributed by atoms with Crippen molar-refractivity contribution in [3.05, 3.63) is 41.0 Å². The molecule has 0 saturated heterocycles. The van der Waals surface area contributed by atoms with E-state index in [0.29, 0.717) is 11.4 Å². The maximum absolute atomic E-state index is 11.7. The molecule has 1 aliphatic heterocycles. The Bertz CT molecular complexity index is 479. The van der Waals surface area contributed by atoms with Crippen LogP contribution in [-0.2, 0) is 4.79 Å². The van der Waals surface area contributed by atoms with Gasteiger partial charge in [0.15, 0.2) is 5.84 Å². The summed E-state index contributed by atoms with van der Waals surface area (Å²) in [6.07, 6.45) is 3.08. The van der Waals surface area contributed by atoms with E-state index in [1.807, 2.05) is 6.07 Å². The summed E-state index contributed by atoms with van der Waals surface area (Å²) in [5, 5.41) is 5.31. The summed E-state index contributed by atoms with van der Waals surface area (Å²) in [5.41, 5.74) is 0.423. The van der Waals surface area contributed by atoms with Gasteiger partial charge >= 0.3 is 5.91 Å². The van der Waals surface area contributed by atoms with Gasteiger partial charge in [0.2, 0.25) is 0 Å². The molecule has 0 atom stereocenters. The molecule has 1 amide bonds. The van der Waals surface area contributed by atoms with Crippen LogP contribution < -0.4 is 10.3 Å². The number of nitroso groups, excluding NO2 is 1.